The van der Waals surface area contributed by atoms with E-state index in [9.17, 15) is 9.18 Å². The van der Waals surface area contributed by atoms with Gasteiger partial charge in [-0.25, -0.2) is 4.39 Å². The van der Waals surface area contributed by atoms with E-state index >= 15 is 0 Å². The monoisotopic (exact) mass is 421 g/mol. The van der Waals surface area contributed by atoms with Gasteiger partial charge in [-0.2, -0.15) is 0 Å². The lowest BCUT2D eigenvalue weighted by atomic mass is 9.83. The second kappa shape index (κ2) is 8.24. The summed E-state index contributed by atoms with van der Waals surface area (Å²) in [7, 11) is 0. The van der Waals surface area contributed by atoms with Gasteiger partial charge in [-0.3, -0.25) is 14.7 Å². The Hall–Kier alpha value is -3.03. The normalized spacial score (nSPS) is 24.2. The fourth-order valence-electron chi connectivity index (χ4n) is 4.71. The number of halogens is 1. The molecule has 3 aromatic rings. The molecule has 1 amide bonds. The Morgan fingerprint density at radius 2 is 2.00 bits per heavy atom. The van der Waals surface area contributed by atoms with Gasteiger partial charge in [-0.05, 0) is 41.5 Å². The first-order valence-electron chi connectivity index (χ1n) is 10.5. The SMILES string of the molecule is O=C1N(Cc2ccc(F)cc2)CCO[C@]12CN(Cc1ccco1)C[C@@H]2c1cccnc1. The number of likely N-dealkylation sites (tertiary alicyclic amines) is 1. The molecule has 2 aliphatic heterocycles. The summed E-state index contributed by atoms with van der Waals surface area (Å²) in [5.74, 6) is 0.404. The van der Waals surface area contributed by atoms with Crippen LogP contribution < -0.4 is 0 Å². The smallest absolute Gasteiger partial charge is 0.257 e. The van der Waals surface area contributed by atoms with Crippen LogP contribution in [-0.2, 0) is 22.6 Å². The van der Waals surface area contributed by atoms with Gasteiger partial charge in [-0.1, -0.05) is 18.2 Å². The molecule has 160 valence electrons. The zero-order valence-corrected chi connectivity index (χ0v) is 17.1. The third-order valence-electron chi connectivity index (χ3n) is 6.17. The van der Waals surface area contributed by atoms with E-state index in [0.29, 0.717) is 39.3 Å². The van der Waals surface area contributed by atoms with Gasteiger partial charge in [0.15, 0.2) is 5.60 Å². The molecule has 4 heterocycles. The highest BCUT2D eigenvalue weighted by Gasteiger charge is 2.57. The maximum atomic E-state index is 13.8. The quantitative estimate of drug-likeness (QED) is 0.633. The number of morpholine rings is 1. The number of pyridine rings is 1. The van der Waals surface area contributed by atoms with E-state index < -0.39 is 5.60 Å². The van der Waals surface area contributed by atoms with Crippen LogP contribution in [-0.4, -0.2) is 52.5 Å². The van der Waals surface area contributed by atoms with Crippen LogP contribution in [0, 0.1) is 5.82 Å². The van der Waals surface area contributed by atoms with E-state index in [1.807, 2.05) is 35.4 Å². The number of amides is 1. The number of hydrogen-bond acceptors (Lipinski definition) is 5. The largest absolute Gasteiger partial charge is 0.468 e. The van der Waals surface area contributed by atoms with Gasteiger partial charge < -0.3 is 14.1 Å². The summed E-state index contributed by atoms with van der Waals surface area (Å²) in [6, 6.07) is 14.0. The number of aromatic nitrogens is 1. The van der Waals surface area contributed by atoms with E-state index in [4.69, 9.17) is 9.15 Å². The standard InChI is InChI=1S/C24H24FN3O3/c25-20-7-5-18(6-8-20)14-28-10-12-31-24(23(28)29)17-27(15-21-4-2-11-30-21)16-22(24)19-3-1-9-26-13-19/h1-9,11,13,22H,10,12,14-17H2/t22-,24+/m1/s1. The molecule has 2 aromatic heterocycles. The highest BCUT2D eigenvalue weighted by atomic mass is 19.1. The number of hydrogen-bond donors (Lipinski definition) is 0. The van der Waals surface area contributed by atoms with Crippen molar-refractivity contribution in [3.05, 3.63) is 89.9 Å². The number of benzene rings is 1. The number of furan rings is 1. The fourth-order valence-corrected chi connectivity index (χ4v) is 4.71. The summed E-state index contributed by atoms with van der Waals surface area (Å²) >= 11 is 0. The van der Waals surface area contributed by atoms with Crippen molar-refractivity contribution in [2.24, 2.45) is 0 Å². The molecule has 2 aliphatic rings. The van der Waals surface area contributed by atoms with E-state index in [0.717, 1.165) is 16.9 Å². The summed E-state index contributed by atoms with van der Waals surface area (Å²) in [5, 5.41) is 0. The highest BCUT2D eigenvalue weighted by molar-refractivity contribution is 5.88. The zero-order valence-electron chi connectivity index (χ0n) is 17.1. The molecule has 0 saturated carbocycles. The number of ether oxygens (including phenoxy) is 1. The van der Waals surface area contributed by atoms with Crippen molar-refractivity contribution in [2.75, 3.05) is 26.2 Å². The Balaban J connectivity index is 1.44. The van der Waals surface area contributed by atoms with Crippen LogP contribution >= 0.6 is 0 Å². The van der Waals surface area contributed by atoms with E-state index in [2.05, 4.69) is 9.88 Å². The van der Waals surface area contributed by atoms with Gasteiger partial charge in [0.2, 0.25) is 0 Å². The molecular weight excluding hydrogens is 397 g/mol. The average molecular weight is 421 g/mol. The molecule has 0 bridgehead atoms. The van der Waals surface area contributed by atoms with E-state index in [-0.39, 0.29) is 17.6 Å². The van der Waals surface area contributed by atoms with Crippen LogP contribution in [0.5, 0.6) is 0 Å². The van der Waals surface area contributed by atoms with Gasteiger partial charge in [0, 0.05) is 44.5 Å². The second-order valence-corrected chi connectivity index (χ2v) is 8.18. The molecule has 0 N–H and O–H groups in total. The first-order valence-corrected chi connectivity index (χ1v) is 10.5. The molecule has 0 unspecified atom stereocenters. The number of carbonyl (C=O) groups is 1. The third kappa shape index (κ3) is 3.86. The maximum absolute atomic E-state index is 13.8. The lowest BCUT2D eigenvalue weighted by molar-refractivity contribution is -0.173. The molecule has 2 saturated heterocycles. The van der Waals surface area contributed by atoms with Crippen molar-refractivity contribution in [3.63, 3.8) is 0 Å². The van der Waals surface area contributed by atoms with Crippen molar-refractivity contribution < 1.29 is 18.3 Å². The van der Waals surface area contributed by atoms with Gasteiger partial charge in [0.25, 0.3) is 5.91 Å². The van der Waals surface area contributed by atoms with Crippen LogP contribution in [0.2, 0.25) is 0 Å². The summed E-state index contributed by atoms with van der Waals surface area (Å²) < 4.78 is 25.1. The first kappa shape index (κ1) is 19.9. The Labute approximate surface area is 180 Å². The molecule has 2 atom stereocenters. The van der Waals surface area contributed by atoms with Gasteiger partial charge in [0.1, 0.15) is 11.6 Å². The fraction of sp³-hybridized carbons (Fsp3) is 0.333. The topological polar surface area (TPSA) is 58.8 Å². The van der Waals surface area contributed by atoms with Crippen molar-refractivity contribution in [2.45, 2.75) is 24.6 Å². The number of rotatable bonds is 5. The summed E-state index contributed by atoms with van der Waals surface area (Å²) in [6.45, 7) is 3.16. The molecule has 7 heteroatoms. The zero-order chi connectivity index (χ0) is 21.3. The Morgan fingerprint density at radius 1 is 1.13 bits per heavy atom. The minimum atomic E-state index is -0.978. The molecule has 1 spiro atoms. The van der Waals surface area contributed by atoms with Crippen molar-refractivity contribution in [1.82, 2.24) is 14.8 Å². The van der Waals surface area contributed by atoms with E-state index in [1.54, 1.807) is 24.6 Å². The lowest BCUT2D eigenvalue weighted by Gasteiger charge is -2.42. The maximum Gasteiger partial charge on any atom is 0.257 e. The molecule has 6 nitrogen and oxygen atoms in total. The summed E-state index contributed by atoms with van der Waals surface area (Å²) in [5.41, 5.74) is 0.907. The van der Waals surface area contributed by atoms with Crippen molar-refractivity contribution >= 4 is 5.91 Å². The molecular formula is C24H24FN3O3. The number of carbonyl (C=O) groups excluding carboxylic acids is 1. The molecule has 0 radical (unpaired) electrons. The predicted octanol–water partition coefficient (Wildman–Crippen LogP) is 3.21. The van der Waals surface area contributed by atoms with Gasteiger partial charge in [0.05, 0.1) is 19.4 Å². The predicted molar refractivity (Wildman–Crippen MR) is 111 cm³/mol. The lowest BCUT2D eigenvalue weighted by Crippen LogP contribution is -2.59. The Bertz CT molecular complexity index is 1030. The molecule has 5 rings (SSSR count). The van der Waals surface area contributed by atoms with Crippen LogP contribution in [0.25, 0.3) is 0 Å². The van der Waals surface area contributed by atoms with Crippen LogP contribution in [0.3, 0.4) is 0 Å². The third-order valence-corrected chi connectivity index (χ3v) is 6.17. The Kier molecular flexibility index (Phi) is 5.29. The van der Waals surface area contributed by atoms with E-state index in [1.165, 1.54) is 12.1 Å². The highest BCUT2D eigenvalue weighted by Crippen LogP contribution is 2.42. The van der Waals surface area contributed by atoms with Crippen LogP contribution in [0.1, 0.15) is 22.8 Å². The average Bonchev–Trinajstić information content (AvgIpc) is 3.42. The van der Waals surface area contributed by atoms with Crippen molar-refractivity contribution in [1.29, 1.82) is 0 Å². The molecule has 1 aromatic carbocycles. The first-order chi connectivity index (χ1) is 15.1. The Morgan fingerprint density at radius 3 is 2.74 bits per heavy atom. The summed E-state index contributed by atoms with van der Waals surface area (Å²) in [4.78, 5) is 22.1. The molecule has 2 fully saturated rings. The molecule has 31 heavy (non-hydrogen) atoms. The van der Waals surface area contributed by atoms with Gasteiger partial charge >= 0.3 is 0 Å². The van der Waals surface area contributed by atoms with Crippen LogP contribution in [0.4, 0.5) is 4.39 Å². The van der Waals surface area contributed by atoms with Crippen molar-refractivity contribution in [3.8, 4) is 0 Å². The van der Waals surface area contributed by atoms with Gasteiger partial charge in [-0.15, -0.1) is 0 Å². The summed E-state index contributed by atoms with van der Waals surface area (Å²) in [6.07, 6.45) is 5.21. The van der Waals surface area contributed by atoms with Crippen LogP contribution in [0.15, 0.2) is 71.6 Å². The molecule has 0 aliphatic carbocycles. The number of nitrogens with zero attached hydrogens (tertiary/aromatic N) is 3. The second-order valence-electron chi connectivity index (χ2n) is 8.18. The minimum absolute atomic E-state index is 0.0288. The minimum Gasteiger partial charge on any atom is -0.468 e.